The van der Waals surface area contributed by atoms with Crippen molar-refractivity contribution in [3.63, 3.8) is 0 Å². The summed E-state index contributed by atoms with van der Waals surface area (Å²) in [5.74, 6) is 0.580. The molecule has 1 amide bonds. The van der Waals surface area contributed by atoms with Crippen molar-refractivity contribution >= 4 is 29.0 Å². The average Bonchev–Trinajstić information content (AvgIpc) is 3.24. The summed E-state index contributed by atoms with van der Waals surface area (Å²) in [6.45, 7) is 0.939. The molecule has 3 rings (SSSR count). The maximum atomic E-state index is 12.2. The van der Waals surface area contributed by atoms with Crippen LogP contribution in [-0.4, -0.2) is 39.1 Å². The number of amides is 1. The van der Waals surface area contributed by atoms with Gasteiger partial charge in [0.2, 0.25) is 0 Å². The van der Waals surface area contributed by atoms with Crippen LogP contribution in [0.2, 0.25) is 0 Å². The van der Waals surface area contributed by atoms with E-state index in [1.165, 1.54) is 30.2 Å². The number of anilines is 1. The van der Waals surface area contributed by atoms with Gasteiger partial charge in [-0.15, -0.1) is 0 Å². The van der Waals surface area contributed by atoms with Crippen LogP contribution in [0.25, 0.3) is 0 Å². The summed E-state index contributed by atoms with van der Waals surface area (Å²) in [5, 5.41) is 23.9. The molecule has 0 aliphatic carbocycles. The van der Waals surface area contributed by atoms with Crippen molar-refractivity contribution in [2.45, 2.75) is 10.9 Å². The number of nitrogens with zero attached hydrogens (tertiary/aromatic N) is 3. The molecular formula is C18H18N6O3S. The lowest BCUT2D eigenvalue weighted by Crippen LogP contribution is -2.28. The van der Waals surface area contributed by atoms with Crippen LogP contribution in [0.5, 0.6) is 0 Å². The normalized spacial score (nSPS) is 10.4. The smallest absolute Gasteiger partial charge is 0.269 e. The van der Waals surface area contributed by atoms with Gasteiger partial charge in [-0.1, -0.05) is 23.9 Å². The molecule has 9 nitrogen and oxygen atoms in total. The third-order valence-electron chi connectivity index (χ3n) is 3.80. The van der Waals surface area contributed by atoms with Crippen LogP contribution in [0.1, 0.15) is 15.9 Å². The van der Waals surface area contributed by atoms with Gasteiger partial charge < -0.3 is 10.6 Å². The summed E-state index contributed by atoms with van der Waals surface area (Å²) in [4.78, 5) is 26.4. The van der Waals surface area contributed by atoms with Gasteiger partial charge in [0, 0.05) is 42.2 Å². The number of rotatable bonds is 9. The first-order valence-corrected chi connectivity index (χ1v) is 9.44. The van der Waals surface area contributed by atoms with Crippen LogP contribution >= 0.6 is 11.8 Å². The highest BCUT2D eigenvalue weighted by atomic mass is 32.2. The number of benzene rings is 2. The van der Waals surface area contributed by atoms with E-state index in [0.717, 1.165) is 22.2 Å². The summed E-state index contributed by atoms with van der Waals surface area (Å²) >= 11 is 1.54. The van der Waals surface area contributed by atoms with Crippen LogP contribution in [-0.2, 0) is 5.75 Å². The van der Waals surface area contributed by atoms with E-state index >= 15 is 0 Å². The van der Waals surface area contributed by atoms with Crippen molar-refractivity contribution in [1.29, 1.82) is 0 Å². The van der Waals surface area contributed by atoms with Crippen molar-refractivity contribution < 1.29 is 9.72 Å². The summed E-state index contributed by atoms with van der Waals surface area (Å²) in [6, 6.07) is 13.5. The number of hydrogen-bond acceptors (Lipinski definition) is 7. The number of nitro groups is 1. The number of H-pyrrole nitrogens is 1. The van der Waals surface area contributed by atoms with Gasteiger partial charge in [-0.2, -0.15) is 5.10 Å². The summed E-state index contributed by atoms with van der Waals surface area (Å²) < 4.78 is 0. The van der Waals surface area contributed by atoms with E-state index in [9.17, 15) is 14.9 Å². The maximum absolute atomic E-state index is 12.2. The van der Waals surface area contributed by atoms with Crippen molar-refractivity contribution in [1.82, 2.24) is 20.5 Å². The zero-order valence-electron chi connectivity index (χ0n) is 14.8. The summed E-state index contributed by atoms with van der Waals surface area (Å²) in [6.07, 6.45) is 1.46. The van der Waals surface area contributed by atoms with Gasteiger partial charge >= 0.3 is 0 Å². The Hall–Kier alpha value is -3.40. The first kappa shape index (κ1) is 19.4. The van der Waals surface area contributed by atoms with Crippen molar-refractivity contribution in [3.05, 3.63) is 76.1 Å². The second-order valence-corrected chi connectivity index (χ2v) is 6.73. The van der Waals surface area contributed by atoms with Crippen LogP contribution in [0.4, 0.5) is 11.4 Å². The summed E-state index contributed by atoms with van der Waals surface area (Å²) in [7, 11) is 0. The van der Waals surface area contributed by atoms with Crippen LogP contribution in [0.3, 0.4) is 0 Å². The fourth-order valence-electron chi connectivity index (χ4n) is 2.35. The number of carbonyl (C=O) groups is 1. The van der Waals surface area contributed by atoms with E-state index in [4.69, 9.17) is 0 Å². The maximum Gasteiger partial charge on any atom is 0.269 e. The highest BCUT2D eigenvalue weighted by Gasteiger charge is 2.06. The number of aromatic amines is 1. The van der Waals surface area contributed by atoms with Gasteiger partial charge in [-0.05, 0) is 29.8 Å². The molecule has 3 aromatic rings. The second kappa shape index (κ2) is 9.51. The minimum Gasteiger partial charge on any atom is -0.383 e. The van der Waals surface area contributed by atoms with Gasteiger partial charge in [0.1, 0.15) is 6.33 Å². The number of nitrogens with one attached hydrogen (secondary N) is 3. The molecule has 0 radical (unpaired) electrons. The molecule has 10 heteroatoms. The molecule has 0 atom stereocenters. The van der Waals surface area contributed by atoms with Gasteiger partial charge in [-0.25, -0.2) is 4.98 Å². The fourth-order valence-corrected chi connectivity index (χ4v) is 3.09. The Morgan fingerprint density at radius 2 is 1.86 bits per heavy atom. The third-order valence-corrected chi connectivity index (χ3v) is 4.75. The van der Waals surface area contributed by atoms with E-state index in [1.54, 1.807) is 24.3 Å². The zero-order chi connectivity index (χ0) is 19.8. The Bertz CT molecular complexity index is 914. The molecule has 1 heterocycles. The predicted molar refractivity (Wildman–Crippen MR) is 106 cm³/mol. The molecule has 0 aliphatic rings. The molecule has 0 saturated heterocycles. The average molecular weight is 398 g/mol. The predicted octanol–water partition coefficient (Wildman–Crippen LogP) is 2.85. The highest BCUT2D eigenvalue weighted by Crippen LogP contribution is 2.18. The molecule has 144 valence electrons. The van der Waals surface area contributed by atoms with Gasteiger partial charge in [0.05, 0.1) is 4.92 Å². The first-order valence-electron chi connectivity index (χ1n) is 8.45. The Labute approximate surface area is 165 Å². The SMILES string of the molecule is O=C(NCCNc1ccc([N+](=O)[O-])cc1)c1ccc(CSc2ncn[nH]2)cc1. The Morgan fingerprint density at radius 3 is 2.50 bits per heavy atom. The monoisotopic (exact) mass is 398 g/mol. The topological polar surface area (TPSA) is 126 Å². The number of non-ortho nitro benzene ring substituents is 1. The molecule has 0 unspecified atom stereocenters. The fraction of sp³-hybridized carbons (Fsp3) is 0.167. The van der Waals surface area contributed by atoms with Crippen LogP contribution in [0.15, 0.2) is 60.0 Å². The molecule has 3 N–H and O–H groups in total. The van der Waals surface area contributed by atoms with Crippen LogP contribution in [0, 0.1) is 10.1 Å². The summed E-state index contributed by atoms with van der Waals surface area (Å²) in [5.41, 5.74) is 2.47. The lowest BCUT2D eigenvalue weighted by molar-refractivity contribution is -0.384. The van der Waals surface area contributed by atoms with Crippen LogP contribution < -0.4 is 10.6 Å². The van der Waals surface area contributed by atoms with Gasteiger partial charge in [0.15, 0.2) is 5.16 Å². The second-order valence-electron chi connectivity index (χ2n) is 5.76. The zero-order valence-corrected chi connectivity index (χ0v) is 15.6. The number of aromatic nitrogens is 3. The van der Waals surface area contributed by atoms with E-state index < -0.39 is 4.92 Å². The molecule has 0 bridgehead atoms. The van der Waals surface area contributed by atoms with Crippen molar-refractivity contribution in [3.8, 4) is 0 Å². The number of carbonyl (C=O) groups excluding carboxylic acids is 1. The lowest BCUT2D eigenvalue weighted by Gasteiger charge is -2.08. The minimum absolute atomic E-state index is 0.0431. The lowest BCUT2D eigenvalue weighted by atomic mass is 10.1. The standard InChI is InChI=1S/C18H18N6O3S/c25-17(20-10-9-19-15-5-7-16(8-6-15)24(26)27)14-3-1-13(2-4-14)11-28-18-21-12-22-23-18/h1-8,12,19H,9-11H2,(H,20,25)(H,21,22,23). The molecule has 1 aromatic heterocycles. The molecule has 0 saturated carbocycles. The molecule has 0 fully saturated rings. The molecule has 2 aromatic carbocycles. The van der Waals surface area contributed by atoms with Crippen molar-refractivity contribution in [2.75, 3.05) is 18.4 Å². The minimum atomic E-state index is -0.442. The molecular weight excluding hydrogens is 380 g/mol. The van der Waals surface area contributed by atoms with E-state index in [-0.39, 0.29) is 11.6 Å². The number of nitro benzene ring substituents is 1. The first-order chi connectivity index (χ1) is 13.6. The quantitative estimate of drug-likeness (QED) is 0.219. The largest absolute Gasteiger partial charge is 0.383 e. The van der Waals surface area contributed by atoms with Gasteiger partial charge in [0.25, 0.3) is 11.6 Å². The Kier molecular flexibility index (Phi) is 6.58. The van der Waals surface area contributed by atoms with Crippen molar-refractivity contribution in [2.24, 2.45) is 0 Å². The Morgan fingerprint density at radius 1 is 1.11 bits per heavy atom. The number of thioether (sulfide) groups is 1. The Balaban J connectivity index is 1.40. The molecule has 0 aliphatic heterocycles. The van der Waals surface area contributed by atoms with E-state index in [1.807, 2.05) is 12.1 Å². The highest BCUT2D eigenvalue weighted by molar-refractivity contribution is 7.98. The molecule has 28 heavy (non-hydrogen) atoms. The number of hydrogen-bond donors (Lipinski definition) is 3. The molecule has 0 spiro atoms. The van der Waals surface area contributed by atoms with E-state index in [2.05, 4.69) is 25.8 Å². The van der Waals surface area contributed by atoms with Gasteiger partial charge in [-0.3, -0.25) is 20.0 Å². The third kappa shape index (κ3) is 5.55. The van der Waals surface area contributed by atoms with E-state index in [0.29, 0.717) is 18.7 Å².